The molecule has 2 amide bonds. The van der Waals surface area contributed by atoms with Crippen LogP contribution in [0.25, 0.3) is 5.69 Å². The molecule has 0 bridgehead atoms. The van der Waals surface area contributed by atoms with Crippen LogP contribution >= 0.6 is 0 Å². The van der Waals surface area contributed by atoms with Crippen molar-refractivity contribution in [3.63, 3.8) is 0 Å². The number of aryl methyl sites for hydroxylation is 1. The molecule has 1 saturated carbocycles. The Hall–Kier alpha value is -3.48. The number of benzene rings is 2. The Morgan fingerprint density at radius 2 is 1.76 bits per heavy atom. The van der Waals surface area contributed by atoms with Gasteiger partial charge in [-0.3, -0.25) is 9.59 Å². The summed E-state index contributed by atoms with van der Waals surface area (Å²) < 4.78 is 0. The van der Waals surface area contributed by atoms with Crippen molar-refractivity contribution < 1.29 is 9.59 Å². The van der Waals surface area contributed by atoms with Crippen molar-refractivity contribution in [2.75, 3.05) is 7.05 Å². The summed E-state index contributed by atoms with van der Waals surface area (Å²) in [6, 6.07) is 17.1. The maximum Gasteiger partial charge on any atom is 0.276 e. The zero-order valence-electron chi connectivity index (χ0n) is 16.5. The number of carbonyl (C=O) groups excluding carboxylic acids is 2. The smallest absolute Gasteiger partial charge is 0.276 e. The minimum absolute atomic E-state index is 0.109. The second-order valence-corrected chi connectivity index (χ2v) is 7.20. The molecule has 1 aromatic heterocycles. The predicted molar refractivity (Wildman–Crippen MR) is 109 cm³/mol. The highest BCUT2D eigenvalue weighted by atomic mass is 16.2. The van der Waals surface area contributed by atoms with Gasteiger partial charge in [0.25, 0.3) is 11.8 Å². The van der Waals surface area contributed by atoms with Crippen molar-refractivity contribution in [1.82, 2.24) is 25.2 Å². The first-order valence-corrected chi connectivity index (χ1v) is 9.68. The van der Waals surface area contributed by atoms with E-state index in [0.717, 1.165) is 24.1 Å². The normalized spacial score (nSPS) is 13.2. The molecule has 1 aliphatic rings. The first-order valence-electron chi connectivity index (χ1n) is 9.68. The number of carbonyl (C=O) groups is 2. The first-order chi connectivity index (χ1) is 14.1. The topological polar surface area (TPSA) is 80.1 Å². The van der Waals surface area contributed by atoms with Crippen molar-refractivity contribution >= 4 is 11.8 Å². The summed E-state index contributed by atoms with van der Waals surface area (Å²) in [6.07, 6.45) is 1.99. The highest BCUT2D eigenvalue weighted by Crippen LogP contribution is 2.30. The van der Waals surface area contributed by atoms with E-state index < -0.39 is 0 Å². The van der Waals surface area contributed by atoms with Crippen LogP contribution in [0.3, 0.4) is 0 Å². The molecule has 0 atom stereocenters. The van der Waals surface area contributed by atoms with Crippen LogP contribution in [0.4, 0.5) is 0 Å². The van der Waals surface area contributed by atoms with Crippen LogP contribution < -0.4 is 5.32 Å². The lowest BCUT2D eigenvalue weighted by atomic mass is 10.1. The average Bonchev–Trinajstić information content (AvgIpc) is 3.53. The van der Waals surface area contributed by atoms with Crippen LogP contribution in [0.5, 0.6) is 0 Å². The van der Waals surface area contributed by atoms with Crippen LogP contribution in [-0.4, -0.2) is 44.8 Å². The van der Waals surface area contributed by atoms with Gasteiger partial charge in [0.1, 0.15) is 0 Å². The first kappa shape index (κ1) is 18.9. The fourth-order valence-electron chi connectivity index (χ4n) is 3.24. The number of hydrogen-bond acceptors (Lipinski definition) is 4. The van der Waals surface area contributed by atoms with E-state index in [2.05, 4.69) is 15.5 Å². The molecule has 1 aliphatic carbocycles. The van der Waals surface area contributed by atoms with E-state index in [4.69, 9.17) is 0 Å². The Balaban J connectivity index is 1.56. The second-order valence-electron chi connectivity index (χ2n) is 7.20. The molecule has 4 rings (SSSR count). The van der Waals surface area contributed by atoms with Gasteiger partial charge in [-0.25, -0.2) is 0 Å². The van der Waals surface area contributed by atoms with Crippen LogP contribution in [0.2, 0.25) is 0 Å². The Kier molecular flexibility index (Phi) is 5.12. The molecule has 1 N–H and O–H groups in total. The van der Waals surface area contributed by atoms with Gasteiger partial charge in [-0.2, -0.15) is 9.90 Å². The van der Waals surface area contributed by atoms with Gasteiger partial charge in [-0.1, -0.05) is 30.3 Å². The Morgan fingerprint density at radius 3 is 2.38 bits per heavy atom. The van der Waals surface area contributed by atoms with Gasteiger partial charge < -0.3 is 10.2 Å². The molecule has 2 aromatic carbocycles. The molecule has 148 valence electrons. The van der Waals surface area contributed by atoms with Gasteiger partial charge in [0.2, 0.25) is 0 Å². The van der Waals surface area contributed by atoms with Crippen LogP contribution in [0.1, 0.15) is 44.9 Å². The van der Waals surface area contributed by atoms with Gasteiger partial charge >= 0.3 is 0 Å². The minimum Gasteiger partial charge on any atom is -0.355 e. The minimum atomic E-state index is -0.125. The van der Waals surface area contributed by atoms with Crippen molar-refractivity contribution in [3.05, 3.63) is 77.1 Å². The lowest BCUT2D eigenvalue weighted by Crippen LogP contribution is -2.33. The molecular formula is C22H23N5O2. The summed E-state index contributed by atoms with van der Waals surface area (Å²) in [6.45, 7) is 2.29. The van der Waals surface area contributed by atoms with E-state index in [1.165, 1.54) is 4.80 Å². The number of para-hydroxylation sites is 1. The summed E-state index contributed by atoms with van der Waals surface area (Å²) >= 11 is 0. The summed E-state index contributed by atoms with van der Waals surface area (Å²) in [7, 11) is 1.61. The molecule has 3 aromatic rings. The van der Waals surface area contributed by atoms with Crippen LogP contribution in [0, 0.1) is 6.92 Å². The Labute approximate surface area is 169 Å². The second kappa shape index (κ2) is 7.87. The third-order valence-corrected chi connectivity index (χ3v) is 5.02. The SMILES string of the molecule is CNC(=O)c1ccc(CN(C(=O)c2nn(-c3ccccc3)nc2C)C2CC2)cc1. The lowest BCUT2D eigenvalue weighted by molar-refractivity contribution is 0.0722. The monoisotopic (exact) mass is 389 g/mol. The lowest BCUT2D eigenvalue weighted by Gasteiger charge is -2.22. The molecule has 0 unspecified atom stereocenters. The van der Waals surface area contributed by atoms with Gasteiger partial charge in [0.15, 0.2) is 5.69 Å². The van der Waals surface area contributed by atoms with Crippen LogP contribution in [0.15, 0.2) is 54.6 Å². The average molecular weight is 389 g/mol. The number of rotatable bonds is 6. The molecule has 7 nitrogen and oxygen atoms in total. The molecule has 29 heavy (non-hydrogen) atoms. The molecule has 0 aliphatic heterocycles. The highest BCUT2D eigenvalue weighted by Gasteiger charge is 2.35. The van der Waals surface area contributed by atoms with E-state index in [9.17, 15) is 9.59 Å². The number of amides is 2. The van der Waals surface area contributed by atoms with Gasteiger partial charge in [0.05, 0.1) is 11.4 Å². The van der Waals surface area contributed by atoms with E-state index in [-0.39, 0.29) is 17.9 Å². The Morgan fingerprint density at radius 1 is 1.07 bits per heavy atom. The fourth-order valence-corrected chi connectivity index (χ4v) is 3.24. The fraction of sp³-hybridized carbons (Fsp3) is 0.273. The quantitative estimate of drug-likeness (QED) is 0.703. The Bertz CT molecular complexity index is 1020. The summed E-state index contributed by atoms with van der Waals surface area (Å²) in [5.74, 6) is -0.234. The number of aromatic nitrogens is 3. The van der Waals surface area contributed by atoms with E-state index in [0.29, 0.717) is 23.5 Å². The van der Waals surface area contributed by atoms with Crippen molar-refractivity contribution in [2.45, 2.75) is 32.4 Å². The number of nitrogens with zero attached hydrogens (tertiary/aromatic N) is 4. The zero-order valence-corrected chi connectivity index (χ0v) is 16.5. The standard InChI is InChI=1S/C22H23N5O2/c1-15-20(25-27(24-15)19-6-4-3-5-7-19)22(29)26(18-12-13-18)14-16-8-10-17(11-9-16)21(28)23-2/h3-11,18H,12-14H2,1-2H3,(H,23,28). The van der Waals surface area contributed by atoms with Gasteiger partial charge in [-0.05, 0) is 49.6 Å². The molecule has 1 fully saturated rings. The van der Waals surface area contributed by atoms with Crippen LogP contribution in [-0.2, 0) is 6.54 Å². The molecule has 0 saturated heterocycles. The molecule has 0 spiro atoms. The largest absolute Gasteiger partial charge is 0.355 e. The molecule has 1 heterocycles. The van der Waals surface area contributed by atoms with Crippen molar-refractivity contribution in [2.24, 2.45) is 0 Å². The predicted octanol–water partition coefficient (Wildman–Crippen LogP) is 2.74. The summed E-state index contributed by atoms with van der Waals surface area (Å²) in [5, 5.41) is 11.5. The maximum atomic E-state index is 13.3. The number of hydrogen-bond donors (Lipinski definition) is 1. The van der Waals surface area contributed by atoms with Gasteiger partial charge in [-0.15, -0.1) is 5.10 Å². The summed E-state index contributed by atoms with van der Waals surface area (Å²) in [4.78, 5) is 28.4. The van der Waals surface area contributed by atoms with Crippen molar-refractivity contribution in [3.8, 4) is 5.69 Å². The van der Waals surface area contributed by atoms with Gasteiger partial charge in [0, 0.05) is 25.2 Å². The number of nitrogens with one attached hydrogen (secondary N) is 1. The molecular weight excluding hydrogens is 366 g/mol. The molecule has 7 heteroatoms. The van der Waals surface area contributed by atoms with Crippen molar-refractivity contribution in [1.29, 1.82) is 0 Å². The highest BCUT2D eigenvalue weighted by molar-refractivity contribution is 5.94. The summed E-state index contributed by atoms with van der Waals surface area (Å²) in [5.41, 5.74) is 3.38. The third kappa shape index (κ3) is 4.03. The zero-order chi connectivity index (χ0) is 20.4. The molecule has 0 radical (unpaired) electrons. The van der Waals surface area contributed by atoms with E-state index >= 15 is 0 Å². The maximum absolute atomic E-state index is 13.3. The van der Waals surface area contributed by atoms with E-state index in [1.807, 2.05) is 54.3 Å². The third-order valence-electron chi connectivity index (χ3n) is 5.02. The van der Waals surface area contributed by atoms with E-state index in [1.54, 1.807) is 19.2 Å².